The third kappa shape index (κ3) is 2.54. The number of amides is 1. The molecule has 140 valence electrons. The average molecular weight is 371 g/mol. The normalized spacial score (nSPS) is 19.1. The fourth-order valence-electron chi connectivity index (χ4n) is 4.34. The Morgan fingerprint density at radius 2 is 1.89 bits per heavy atom. The van der Waals surface area contributed by atoms with E-state index in [1.54, 1.807) is 0 Å². The van der Waals surface area contributed by atoms with Crippen LogP contribution in [0.1, 0.15) is 47.2 Å². The summed E-state index contributed by atoms with van der Waals surface area (Å²) in [5.74, 6) is 0.711. The van der Waals surface area contributed by atoms with Gasteiger partial charge in [-0.2, -0.15) is 0 Å². The minimum Gasteiger partial charge on any atom is -0.341 e. The quantitative estimate of drug-likeness (QED) is 0.511. The van der Waals surface area contributed by atoms with E-state index in [1.807, 2.05) is 61.5 Å². The number of anilines is 1. The molecule has 0 saturated carbocycles. The van der Waals surface area contributed by atoms with Crippen molar-refractivity contribution in [3.05, 3.63) is 65.9 Å². The number of fused-ring (bicyclic) bond motifs is 4. The highest BCUT2D eigenvalue weighted by Crippen LogP contribution is 2.34. The Morgan fingerprint density at radius 3 is 2.71 bits per heavy atom. The number of carbonyl (C=O) groups excluding carboxylic acids is 2. The van der Waals surface area contributed by atoms with Gasteiger partial charge in [0.25, 0.3) is 5.91 Å². The number of para-hydroxylation sites is 1. The SMILES string of the molecule is CC1CC(C)n2c(cc3ccc(C(=O)Nc4cc5ccccc5[nH]4)cc32)C1=O. The molecule has 0 aliphatic carbocycles. The van der Waals surface area contributed by atoms with E-state index in [4.69, 9.17) is 0 Å². The van der Waals surface area contributed by atoms with Crippen LogP contribution in [0.25, 0.3) is 21.8 Å². The molecule has 0 bridgehead atoms. The van der Waals surface area contributed by atoms with E-state index >= 15 is 0 Å². The highest BCUT2D eigenvalue weighted by molar-refractivity contribution is 6.08. The predicted molar refractivity (Wildman–Crippen MR) is 111 cm³/mol. The van der Waals surface area contributed by atoms with E-state index in [0.29, 0.717) is 11.4 Å². The highest BCUT2D eigenvalue weighted by atomic mass is 16.1. The number of aromatic amines is 1. The van der Waals surface area contributed by atoms with Gasteiger partial charge in [0.1, 0.15) is 5.82 Å². The van der Waals surface area contributed by atoms with Crippen LogP contribution in [0.4, 0.5) is 5.82 Å². The molecule has 0 radical (unpaired) electrons. The molecule has 0 saturated heterocycles. The number of rotatable bonds is 2. The second-order valence-corrected chi connectivity index (χ2v) is 7.75. The number of hydrogen-bond donors (Lipinski definition) is 2. The van der Waals surface area contributed by atoms with Gasteiger partial charge < -0.3 is 14.9 Å². The molecule has 2 atom stereocenters. The second kappa shape index (κ2) is 6.09. The lowest BCUT2D eigenvalue weighted by Gasteiger charge is -2.27. The van der Waals surface area contributed by atoms with Crippen LogP contribution in [0.5, 0.6) is 0 Å². The molecule has 2 N–H and O–H groups in total. The molecule has 2 aromatic heterocycles. The van der Waals surface area contributed by atoms with E-state index in [9.17, 15) is 9.59 Å². The number of nitrogens with zero attached hydrogens (tertiary/aromatic N) is 1. The lowest BCUT2D eigenvalue weighted by atomic mass is 9.92. The summed E-state index contributed by atoms with van der Waals surface area (Å²) in [4.78, 5) is 28.6. The van der Waals surface area contributed by atoms with Crippen molar-refractivity contribution < 1.29 is 9.59 Å². The van der Waals surface area contributed by atoms with E-state index in [1.165, 1.54) is 0 Å². The van der Waals surface area contributed by atoms with Crippen molar-refractivity contribution in [1.82, 2.24) is 9.55 Å². The number of Topliss-reactive ketones (excluding diaryl/α,β-unsaturated/α-hetero) is 1. The minimum absolute atomic E-state index is 0.0385. The topological polar surface area (TPSA) is 66.9 Å². The first-order valence-electron chi connectivity index (χ1n) is 9.59. The van der Waals surface area contributed by atoms with Crippen molar-refractivity contribution in [2.75, 3.05) is 5.32 Å². The van der Waals surface area contributed by atoms with Gasteiger partial charge in [-0.3, -0.25) is 9.59 Å². The van der Waals surface area contributed by atoms with Crippen LogP contribution in [0.3, 0.4) is 0 Å². The molecule has 28 heavy (non-hydrogen) atoms. The Morgan fingerprint density at radius 1 is 1.07 bits per heavy atom. The van der Waals surface area contributed by atoms with Crippen LogP contribution in [-0.2, 0) is 0 Å². The highest BCUT2D eigenvalue weighted by Gasteiger charge is 2.30. The molecule has 3 heterocycles. The van der Waals surface area contributed by atoms with Crippen LogP contribution in [0.2, 0.25) is 0 Å². The van der Waals surface area contributed by atoms with Gasteiger partial charge >= 0.3 is 0 Å². The van der Waals surface area contributed by atoms with Gasteiger partial charge in [-0.1, -0.05) is 31.2 Å². The minimum atomic E-state index is -0.174. The molecular weight excluding hydrogens is 350 g/mol. The summed E-state index contributed by atoms with van der Waals surface area (Å²) in [6, 6.07) is 17.6. The van der Waals surface area contributed by atoms with Crippen LogP contribution in [-0.4, -0.2) is 21.2 Å². The summed E-state index contributed by atoms with van der Waals surface area (Å²) in [6.07, 6.45) is 0.821. The molecular formula is C23H21N3O2. The average Bonchev–Trinajstić information content (AvgIpc) is 3.26. The Hall–Kier alpha value is -3.34. The van der Waals surface area contributed by atoms with Gasteiger partial charge in [-0.25, -0.2) is 0 Å². The number of hydrogen-bond acceptors (Lipinski definition) is 2. The molecule has 0 fully saturated rings. The van der Waals surface area contributed by atoms with E-state index < -0.39 is 0 Å². The van der Waals surface area contributed by atoms with Gasteiger partial charge in [0.15, 0.2) is 5.78 Å². The largest absolute Gasteiger partial charge is 0.341 e. The first-order valence-corrected chi connectivity index (χ1v) is 9.59. The molecule has 1 aliphatic heterocycles. The maximum absolute atomic E-state index is 12.8. The Bertz CT molecular complexity index is 1210. The fourth-order valence-corrected chi connectivity index (χ4v) is 4.34. The van der Waals surface area contributed by atoms with Crippen molar-refractivity contribution in [2.45, 2.75) is 26.3 Å². The zero-order valence-corrected chi connectivity index (χ0v) is 15.8. The smallest absolute Gasteiger partial charge is 0.256 e. The second-order valence-electron chi connectivity index (χ2n) is 7.75. The fraction of sp³-hybridized carbons (Fsp3) is 0.217. The van der Waals surface area contributed by atoms with Gasteiger partial charge in [0, 0.05) is 39.3 Å². The Labute approximate surface area is 162 Å². The van der Waals surface area contributed by atoms with Crippen LogP contribution in [0.15, 0.2) is 54.6 Å². The summed E-state index contributed by atoms with van der Waals surface area (Å²) < 4.78 is 2.08. The Balaban J connectivity index is 1.51. The lowest BCUT2D eigenvalue weighted by Crippen LogP contribution is -2.26. The van der Waals surface area contributed by atoms with Crippen LogP contribution >= 0.6 is 0 Å². The number of H-pyrrole nitrogens is 1. The standard InChI is InChI=1S/C23H21N3O2/c1-13-9-14(2)26-19-11-17(8-7-16(19)10-20(26)22(13)27)23(28)25-21-12-15-5-3-4-6-18(15)24-21/h3-8,10-14,24H,9H2,1-2H3,(H,25,28). The summed E-state index contributed by atoms with van der Waals surface area (Å²) in [5.41, 5.74) is 3.24. The van der Waals surface area contributed by atoms with E-state index in [0.717, 1.165) is 33.9 Å². The predicted octanol–water partition coefficient (Wildman–Crippen LogP) is 5.16. The number of carbonyl (C=O) groups is 2. The summed E-state index contributed by atoms with van der Waals surface area (Å²) in [5, 5.41) is 4.98. The number of benzene rings is 2. The molecule has 5 heteroatoms. The number of aromatic nitrogens is 2. The van der Waals surface area contributed by atoms with Crippen molar-refractivity contribution in [3.63, 3.8) is 0 Å². The number of ketones is 1. The Kier molecular flexibility index (Phi) is 3.66. The monoisotopic (exact) mass is 371 g/mol. The van der Waals surface area contributed by atoms with Gasteiger partial charge in [-0.15, -0.1) is 0 Å². The van der Waals surface area contributed by atoms with E-state index in [-0.39, 0.29) is 23.7 Å². The lowest BCUT2D eigenvalue weighted by molar-refractivity contribution is 0.0877. The van der Waals surface area contributed by atoms with Crippen LogP contribution in [0, 0.1) is 5.92 Å². The summed E-state index contributed by atoms with van der Waals surface area (Å²) in [7, 11) is 0. The molecule has 2 aromatic carbocycles. The van der Waals surface area contributed by atoms with Crippen molar-refractivity contribution in [2.24, 2.45) is 5.92 Å². The first-order chi connectivity index (χ1) is 13.5. The maximum Gasteiger partial charge on any atom is 0.256 e. The third-order valence-corrected chi connectivity index (χ3v) is 5.72. The van der Waals surface area contributed by atoms with Crippen molar-refractivity contribution >= 4 is 39.3 Å². The van der Waals surface area contributed by atoms with Gasteiger partial charge in [0.2, 0.25) is 0 Å². The van der Waals surface area contributed by atoms with Crippen molar-refractivity contribution in [1.29, 1.82) is 0 Å². The molecule has 5 nitrogen and oxygen atoms in total. The summed E-state index contributed by atoms with van der Waals surface area (Å²) in [6.45, 7) is 4.11. The van der Waals surface area contributed by atoms with Crippen molar-refractivity contribution in [3.8, 4) is 0 Å². The number of nitrogens with one attached hydrogen (secondary N) is 2. The molecule has 2 unspecified atom stereocenters. The molecule has 1 amide bonds. The molecule has 1 aliphatic rings. The third-order valence-electron chi connectivity index (χ3n) is 5.72. The molecule has 0 spiro atoms. The zero-order chi connectivity index (χ0) is 19.4. The zero-order valence-electron chi connectivity index (χ0n) is 15.8. The van der Waals surface area contributed by atoms with Gasteiger partial charge in [0.05, 0.1) is 5.69 Å². The van der Waals surface area contributed by atoms with Gasteiger partial charge in [-0.05, 0) is 43.7 Å². The molecule has 5 rings (SSSR count). The van der Waals surface area contributed by atoms with Crippen LogP contribution < -0.4 is 5.32 Å². The van der Waals surface area contributed by atoms with E-state index in [2.05, 4.69) is 21.8 Å². The molecule has 4 aromatic rings. The first kappa shape index (κ1) is 16.8. The maximum atomic E-state index is 12.8. The summed E-state index contributed by atoms with van der Waals surface area (Å²) >= 11 is 0.